The Labute approximate surface area is 145 Å². The first kappa shape index (κ1) is 16.7. The fourth-order valence-corrected chi connectivity index (χ4v) is 4.10. The van der Waals surface area contributed by atoms with E-state index in [2.05, 4.69) is 45.0 Å². The van der Waals surface area contributed by atoms with E-state index in [1.54, 1.807) is 0 Å². The number of carbonyl (C=O) groups is 1. The molecule has 24 heavy (non-hydrogen) atoms. The number of aromatic nitrogens is 2. The standard InChI is InChI=1S/C19H22N2O2S/c1-6-14-16(17(22)23)24-18-20-15(11(2)21(14)18)12-7-9-13(10-8-12)19(3,4)5/h7-10H,6H2,1-5H3,(H,22,23). The van der Waals surface area contributed by atoms with Gasteiger partial charge in [-0.1, -0.05) is 63.3 Å². The number of hydrogen-bond donors (Lipinski definition) is 1. The average Bonchev–Trinajstić information content (AvgIpc) is 3.03. The van der Waals surface area contributed by atoms with Gasteiger partial charge in [-0.05, 0) is 24.3 Å². The maximum atomic E-state index is 11.4. The van der Waals surface area contributed by atoms with E-state index in [0.717, 1.165) is 27.6 Å². The lowest BCUT2D eigenvalue weighted by atomic mass is 9.86. The van der Waals surface area contributed by atoms with Gasteiger partial charge in [-0.15, -0.1) is 0 Å². The van der Waals surface area contributed by atoms with Gasteiger partial charge in [0, 0.05) is 17.0 Å². The predicted octanol–water partition coefficient (Wildman–Crippen LogP) is 4.93. The second-order valence-corrected chi connectivity index (χ2v) is 8.01. The van der Waals surface area contributed by atoms with Crippen LogP contribution >= 0.6 is 11.3 Å². The van der Waals surface area contributed by atoms with Crippen LogP contribution in [0.4, 0.5) is 0 Å². The zero-order valence-corrected chi connectivity index (χ0v) is 15.5. The lowest BCUT2D eigenvalue weighted by molar-refractivity contribution is 0.0700. The molecule has 0 atom stereocenters. The largest absolute Gasteiger partial charge is 0.477 e. The van der Waals surface area contributed by atoms with Crippen LogP contribution < -0.4 is 0 Å². The maximum absolute atomic E-state index is 11.4. The molecule has 0 amide bonds. The third-order valence-corrected chi connectivity index (χ3v) is 5.43. The SMILES string of the molecule is CCc1c(C(=O)O)sc2nc(-c3ccc(C(C)(C)C)cc3)c(C)n12. The minimum atomic E-state index is -0.877. The first-order valence-corrected chi connectivity index (χ1v) is 8.90. The molecule has 4 nitrogen and oxygen atoms in total. The monoisotopic (exact) mass is 342 g/mol. The van der Waals surface area contributed by atoms with Gasteiger partial charge in [-0.2, -0.15) is 0 Å². The van der Waals surface area contributed by atoms with E-state index in [9.17, 15) is 9.90 Å². The molecule has 126 valence electrons. The van der Waals surface area contributed by atoms with E-state index < -0.39 is 5.97 Å². The van der Waals surface area contributed by atoms with Gasteiger partial charge >= 0.3 is 5.97 Å². The smallest absolute Gasteiger partial charge is 0.347 e. The Morgan fingerprint density at radius 3 is 2.38 bits per heavy atom. The molecule has 0 bridgehead atoms. The van der Waals surface area contributed by atoms with Crippen LogP contribution in [0, 0.1) is 6.92 Å². The molecule has 0 unspecified atom stereocenters. The van der Waals surface area contributed by atoms with Crippen molar-refractivity contribution in [2.24, 2.45) is 0 Å². The fraction of sp³-hybridized carbons (Fsp3) is 0.368. The minimum absolute atomic E-state index is 0.119. The number of imidazole rings is 1. The van der Waals surface area contributed by atoms with Crippen LogP contribution in [0.3, 0.4) is 0 Å². The van der Waals surface area contributed by atoms with Gasteiger partial charge in [-0.3, -0.25) is 4.40 Å². The molecule has 1 aromatic carbocycles. The van der Waals surface area contributed by atoms with Gasteiger partial charge in [0.05, 0.1) is 5.69 Å². The predicted molar refractivity (Wildman–Crippen MR) is 98.3 cm³/mol. The number of rotatable bonds is 3. The number of aromatic carboxylic acids is 1. The van der Waals surface area contributed by atoms with Crippen molar-refractivity contribution in [1.82, 2.24) is 9.38 Å². The van der Waals surface area contributed by atoms with Crippen molar-refractivity contribution in [2.45, 2.75) is 46.5 Å². The van der Waals surface area contributed by atoms with Crippen molar-refractivity contribution in [2.75, 3.05) is 0 Å². The maximum Gasteiger partial charge on any atom is 0.347 e. The summed E-state index contributed by atoms with van der Waals surface area (Å²) in [5.74, 6) is -0.877. The number of benzene rings is 1. The average molecular weight is 342 g/mol. The molecule has 3 aromatic rings. The van der Waals surface area contributed by atoms with Gasteiger partial charge in [0.15, 0.2) is 4.96 Å². The van der Waals surface area contributed by atoms with Crippen molar-refractivity contribution >= 4 is 22.3 Å². The second kappa shape index (κ2) is 5.74. The van der Waals surface area contributed by atoms with Crippen LogP contribution in [0.5, 0.6) is 0 Å². The van der Waals surface area contributed by atoms with Gasteiger partial charge < -0.3 is 5.11 Å². The van der Waals surface area contributed by atoms with Crippen molar-refractivity contribution in [3.63, 3.8) is 0 Å². The molecule has 1 N–H and O–H groups in total. The summed E-state index contributed by atoms with van der Waals surface area (Å²) in [5.41, 5.74) is 5.21. The molecule has 0 saturated heterocycles. The highest BCUT2D eigenvalue weighted by molar-refractivity contribution is 7.19. The molecule has 0 aliphatic heterocycles. The zero-order valence-electron chi connectivity index (χ0n) is 14.7. The molecule has 3 rings (SSSR count). The molecule has 2 heterocycles. The van der Waals surface area contributed by atoms with Crippen LogP contribution in [0.15, 0.2) is 24.3 Å². The van der Waals surface area contributed by atoms with Crippen molar-refractivity contribution in [3.05, 3.63) is 46.1 Å². The Balaban J connectivity index is 2.13. The number of fused-ring (bicyclic) bond motifs is 1. The molecule has 0 aliphatic rings. The van der Waals surface area contributed by atoms with Crippen LogP contribution in [0.2, 0.25) is 0 Å². The Kier molecular flexibility index (Phi) is 4.00. The molecule has 0 radical (unpaired) electrons. The van der Waals surface area contributed by atoms with Gasteiger partial charge in [0.25, 0.3) is 0 Å². The topological polar surface area (TPSA) is 54.6 Å². The first-order valence-electron chi connectivity index (χ1n) is 8.09. The lowest BCUT2D eigenvalue weighted by Crippen LogP contribution is -2.10. The summed E-state index contributed by atoms with van der Waals surface area (Å²) in [6.07, 6.45) is 0.668. The highest BCUT2D eigenvalue weighted by atomic mass is 32.1. The highest BCUT2D eigenvalue weighted by Gasteiger charge is 2.22. The summed E-state index contributed by atoms with van der Waals surface area (Å²) in [5, 5.41) is 9.37. The minimum Gasteiger partial charge on any atom is -0.477 e. The van der Waals surface area contributed by atoms with Crippen LogP contribution in [0.1, 0.15) is 54.3 Å². The number of nitrogens with zero attached hydrogens (tertiary/aromatic N) is 2. The van der Waals surface area contributed by atoms with E-state index >= 15 is 0 Å². The Bertz CT molecular complexity index is 912. The number of thiazole rings is 1. The van der Waals surface area contributed by atoms with E-state index in [1.807, 2.05) is 18.2 Å². The van der Waals surface area contributed by atoms with E-state index in [0.29, 0.717) is 11.3 Å². The number of hydrogen-bond acceptors (Lipinski definition) is 3. The van der Waals surface area contributed by atoms with Gasteiger partial charge in [0.1, 0.15) is 4.88 Å². The zero-order chi connectivity index (χ0) is 17.6. The second-order valence-electron chi connectivity index (χ2n) is 7.03. The van der Waals surface area contributed by atoms with Crippen molar-refractivity contribution in [3.8, 4) is 11.3 Å². The Hall–Kier alpha value is -2.14. The van der Waals surface area contributed by atoms with E-state index in [4.69, 9.17) is 4.98 Å². The molecular weight excluding hydrogens is 320 g/mol. The van der Waals surface area contributed by atoms with Crippen LogP contribution in [0.25, 0.3) is 16.2 Å². The quantitative estimate of drug-likeness (QED) is 0.734. The highest BCUT2D eigenvalue weighted by Crippen LogP contribution is 2.32. The van der Waals surface area contributed by atoms with E-state index in [1.165, 1.54) is 16.9 Å². The normalized spacial score (nSPS) is 12.0. The Morgan fingerprint density at radius 1 is 1.25 bits per heavy atom. The summed E-state index contributed by atoms with van der Waals surface area (Å²) in [6.45, 7) is 10.6. The molecule has 0 spiro atoms. The molecule has 0 aliphatic carbocycles. The summed E-state index contributed by atoms with van der Waals surface area (Å²) in [6, 6.07) is 8.49. The third kappa shape index (κ3) is 2.63. The number of carboxylic acids is 1. The summed E-state index contributed by atoms with van der Waals surface area (Å²) in [4.78, 5) is 17.3. The van der Waals surface area contributed by atoms with Crippen molar-refractivity contribution in [1.29, 1.82) is 0 Å². The number of carboxylic acid groups (broad SMARTS) is 1. The fourth-order valence-electron chi connectivity index (χ4n) is 3.00. The molecule has 2 aromatic heterocycles. The van der Waals surface area contributed by atoms with Gasteiger partial charge in [0.2, 0.25) is 0 Å². The van der Waals surface area contributed by atoms with Crippen LogP contribution in [-0.2, 0) is 11.8 Å². The van der Waals surface area contributed by atoms with Crippen LogP contribution in [-0.4, -0.2) is 20.5 Å². The van der Waals surface area contributed by atoms with Crippen molar-refractivity contribution < 1.29 is 9.90 Å². The van der Waals surface area contributed by atoms with E-state index in [-0.39, 0.29) is 5.41 Å². The molecule has 0 saturated carbocycles. The Morgan fingerprint density at radius 2 is 1.88 bits per heavy atom. The summed E-state index contributed by atoms with van der Waals surface area (Å²) < 4.78 is 1.99. The lowest BCUT2D eigenvalue weighted by Gasteiger charge is -2.19. The molecular formula is C19H22N2O2S. The summed E-state index contributed by atoms with van der Waals surface area (Å²) >= 11 is 1.25. The summed E-state index contributed by atoms with van der Waals surface area (Å²) in [7, 11) is 0. The molecule has 0 fully saturated rings. The molecule has 5 heteroatoms. The number of aryl methyl sites for hydroxylation is 2. The van der Waals surface area contributed by atoms with Gasteiger partial charge in [-0.25, -0.2) is 9.78 Å². The third-order valence-electron chi connectivity index (χ3n) is 4.36. The first-order chi connectivity index (χ1) is 11.2.